The standard InChI is InChI=1S/C11H15NOS/c1-8-4-10(6-12-5-8)11(13)9-2-3-14-7-9/h4-6,9,11,13H,2-3,7H2,1H3. The van der Waals surface area contributed by atoms with E-state index in [9.17, 15) is 5.11 Å². The van der Waals surface area contributed by atoms with Crippen LogP contribution in [0.25, 0.3) is 0 Å². The van der Waals surface area contributed by atoms with E-state index in [0.29, 0.717) is 5.92 Å². The normalized spacial score (nSPS) is 23.7. The van der Waals surface area contributed by atoms with E-state index in [1.54, 1.807) is 6.20 Å². The Morgan fingerprint density at radius 1 is 1.57 bits per heavy atom. The van der Waals surface area contributed by atoms with Crippen molar-refractivity contribution in [2.45, 2.75) is 19.4 Å². The zero-order valence-electron chi connectivity index (χ0n) is 8.31. The van der Waals surface area contributed by atoms with E-state index in [0.717, 1.165) is 23.3 Å². The second-order valence-corrected chi connectivity index (χ2v) is 5.01. The number of hydrogen-bond acceptors (Lipinski definition) is 3. The predicted molar refractivity (Wildman–Crippen MR) is 59.4 cm³/mol. The number of hydrogen-bond donors (Lipinski definition) is 1. The Balaban J connectivity index is 2.13. The van der Waals surface area contributed by atoms with Crippen molar-refractivity contribution in [2.24, 2.45) is 5.92 Å². The van der Waals surface area contributed by atoms with Crippen LogP contribution in [0.1, 0.15) is 23.7 Å². The monoisotopic (exact) mass is 209 g/mol. The van der Waals surface area contributed by atoms with Crippen molar-refractivity contribution >= 4 is 11.8 Å². The highest BCUT2D eigenvalue weighted by atomic mass is 32.2. The summed E-state index contributed by atoms with van der Waals surface area (Å²) in [5.74, 6) is 2.68. The topological polar surface area (TPSA) is 33.1 Å². The van der Waals surface area contributed by atoms with Crippen molar-refractivity contribution in [1.29, 1.82) is 0 Å². The number of aryl methyl sites for hydroxylation is 1. The molecule has 0 amide bonds. The minimum atomic E-state index is -0.322. The molecule has 1 aliphatic rings. The lowest BCUT2D eigenvalue weighted by atomic mass is 9.96. The quantitative estimate of drug-likeness (QED) is 0.810. The summed E-state index contributed by atoms with van der Waals surface area (Å²) >= 11 is 1.93. The van der Waals surface area contributed by atoms with Gasteiger partial charge in [-0.2, -0.15) is 11.8 Å². The van der Waals surface area contributed by atoms with Crippen molar-refractivity contribution < 1.29 is 5.11 Å². The van der Waals surface area contributed by atoms with Crippen molar-refractivity contribution in [3.05, 3.63) is 29.6 Å². The van der Waals surface area contributed by atoms with Crippen molar-refractivity contribution in [3.8, 4) is 0 Å². The van der Waals surface area contributed by atoms with Gasteiger partial charge in [-0.1, -0.05) is 6.07 Å². The fraction of sp³-hybridized carbons (Fsp3) is 0.545. The lowest BCUT2D eigenvalue weighted by Gasteiger charge is -2.17. The van der Waals surface area contributed by atoms with Gasteiger partial charge in [0.15, 0.2) is 0 Å². The Hall–Kier alpha value is -0.540. The molecule has 0 radical (unpaired) electrons. The Morgan fingerprint density at radius 3 is 3.07 bits per heavy atom. The third kappa shape index (κ3) is 2.10. The number of thioether (sulfide) groups is 1. The molecule has 0 bridgehead atoms. The smallest absolute Gasteiger partial charge is 0.0841 e. The zero-order chi connectivity index (χ0) is 9.97. The van der Waals surface area contributed by atoms with Gasteiger partial charge >= 0.3 is 0 Å². The summed E-state index contributed by atoms with van der Waals surface area (Å²) in [5, 5.41) is 10.1. The molecule has 1 saturated heterocycles. The van der Waals surface area contributed by atoms with Gasteiger partial charge in [0, 0.05) is 12.4 Å². The average Bonchev–Trinajstić information content (AvgIpc) is 2.69. The molecule has 0 aromatic carbocycles. The third-order valence-corrected chi connectivity index (χ3v) is 3.84. The largest absolute Gasteiger partial charge is 0.388 e. The van der Waals surface area contributed by atoms with Crippen LogP contribution in [0.3, 0.4) is 0 Å². The van der Waals surface area contributed by atoms with E-state index in [2.05, 4.69) is 4.98 Å². The van der Waals surface area contributed by atoms with Crippen molar-refractivity contribution in [1.82, 2.24) is 4.98 Å². The van der Waals surface area contributed by atoms with Crippen LogP contribution in [-0.4, -0.2) is 21.6 Å². The Labute approximate surface area is 88.8 Å². The van der Waals surface area contributed by atoms with Crippen LogP contribution in [0.4, 0.5) is 0 Å². The first-order valence-electron chi connectivity index (χ1n) is 4.95. The molecule has 0 aliphatic carbocycles. The predicted octanol–water partition coefficient (Wildman–Crippen LogP) is 2.18. The molecule has 76 valence electrons. The molecular formula is C11H15NOS. The van der Waals surface area contributed by atoms with Crippen LogP contribution >= 0.6 is 11.8 Å². The van der Waals surface area contributed by atoms with E-state index in [4.69, 9.17) is 0 Å². The Bertz CT molecular complexity index is 310. The number of pyridine rings is 1. The average molecular weight is 209 g/mol. The minimum absolute atomic E-state index is 0.322. The van der Waals surface area contributed by atoms with Gasteiger partial charge in [0.05, 0.1) is 6.10 Å². The van der Waals surface area contributed by atoms with E-state index in [1.165, 1.54) is 5.75 Å². The summed E-state index contributed by atoms with van der Waals surface area (Å²) in [5.41, 5.74) is 2.09. The van der Waals surface area contributed by atoms with Crippen LogP contribution < -0.4 is 0 Å². The third-order valence-electron chi connectivity index (χ3n) is 2.65. The molecule has 2 atom stereocenters. The molecule has 1 aromatic heterocycles. The van der Waals surface area contributed by atoms with Gasteiger partial charge in [-0.3, -0.25) is 4.98 Å². The summed E-state index contributed by atoms with van der Waals surface area (Å²) in [4.78, 5) is 4.11. The van der Waals surface area contributed by atoms with E-state index in [-0.39, 0.29) is 6.10 Å². The maximum absolute atomic E-state index is 10.1. The van der Waals surface area contributed by atoms with Gasteiger partial charge in [0.2, 0.25) is 0 Å². The molecule has 2 heterocycles. The Kier molecular flexibility index (Phi) is 3.08. The van der Waals surface area contributed by atoms with E-state index in [1.807, 2.05) is 30.9 Å². The summed E-state index contributed by atoms with van der Waals surface area (Å²) in [6, 6.07) is 2.03. The minimum Gasteiger partial charge on any atom is -0.388 e. The molecule has 2 rings (SSSR count). The first-order chi connectivity index (χ1) is 6.77. The van der Waals surface area contributed by atoms with Crippen LogP contribution in [0, 0.1) is 12.8 Å². The first kappa shape index (κ1) is 9.99. The highest BCUT2D eigenvalue weighted by molar-refractivity contribution is 7.99. The highest BCUT2D eigenvalue weighted by Gasteiger charge is 2.24. The molecule has 2 nitrogen and oxygen atoms in total. The molecule has 1 fully saturated rings. The second kappa shape index (κ2) is 4.32. The van der Waals surface area contributed by atoms with Crippen LogP contribution in [0.5, 0.6) is 0 Å². The maximum atomic E-state index is 10.1. The van der Waals surface area contributed by atoms with Gasteiger partial charge in [0.1, 0.15) is 0 Å². The van der Waals surface area contributed by atoms with E-state index >= 15 is 0 Å². The van der Waals surface area contributed by atoms with Crippen molar-refractivity contribution in [2.75, 3.05) is 11.5 Å². The number of aliphatic hydroxyl groups is 1. The van der Waals surface area contributed by atoms with Gasteiger partial charge in [-0.05, 0) is 41.9 Å². The molecule has 1 N–H and O–H groups in total. The highest BCUT2D eigenvalue weighted by Crippen LogP contribution is 2.33. The Morgan fingerprint density at radius 2 is 2.43 bits per heavy atom. The van der Waals surface area contributed by atoms with Gasteiger partial charge in [-0.15, -0.1) is 0 Å². The second-order valence-electron chi connectivity index (χ2n) is 3.86. The lowest BCUT2D eigenvalue weighted by molar-refractivity contribution is 0.121. The molecular weight excluding hydrogens is 194 g/mol. The summed E-state index contributed by atoms with van der Waals surface area (Å²) in [6.45, 7) is 2.01. The lowest BCUT2D eigenvalue weighted by Crippen LogP contribution is -2.12. The molecule has 0 spiro atoms. The number of aliphatic hydroxyl groups excluding tert-OH is 1. The van der Waals surface area contributed by atoms with Crippen LogP contribution in [0.15, 0.2) is 18.5 Å². The number of rotatable bonds is 2. The first-order valence-corrected chi connectivity index (χ1v) is 6.10. The molecule has 2 unspecified atom stereocenters. The van der Waals surface area contributed by atoms with Gasteiger partial charge in [-0.25, -0.2) is 0 Å². The van der Waals surface area contributed by atoms with Crippen molar-refractivity contribution in [3.63, 3.8) is 0 Å². The zero-order valence-corrected chi connectivity index (χ0v) is 9.13. The van der Waals surface area contributed by atoms with E-state index < -0.39 is 0 Å². The summed E-state index contributed by atoms with van der Waals surface area (Å²) < 4.78 is 0. The number of aromatic nitrogens is 1. The molecule has 14 heavy (non-hydrogen) atoms. The van der Waals surface area contributed by atoms with Crippen LogP contribution in [-0.2, 0) is 0 Å². The van der Waals surface area contributed by atoms with Gasteiger partial charge in [0.25, 0.3) is 0 Å². The molecule has 1 aliphatic heterocycles. The molecule has 1 aromatic rings. The molecule has 3 heteroatoms. The summed E-state index contributed by atoms with van der Waals surface area (Å²) in [7, 11) is 0. The van der Waals surface area contributed by atoms with Gasteiger partial charge < -0.3 is 5.11 Å². The SMILES string of the molecule is Cc1cncc(C(O)C2CCSC2)c1. The van der Waals surface area contributed by atoms with Crippen LogP contribution in [0.2, 0.25) is 0 Å². The molecule has 0 saturated carbocycles. The summed E-state index contributed by atoms with van der Waals surface area (Å²) in [6.07, 6.45) is 4.40. The maximum Gasteiger partial charge on any atom is 0.0841 e. The fourth-order valence-electron chi connectivity index (χ4n) is 1.81. The number of nitrogens with zero attached hydrogens (tertiary/aromatic N) is 1. The fourth-order valence-corrected chi connectivity index (χ4v) is 3.10.